The Morgan fingerprint density at radius 3 is 2.50 bits per heavy atom. The summed E-state index contributed by atoms with van der Waals surface area (Å²) < 4.78 is 13.5. The molecule has 5 heteroatoms. The molecule has 2 aromatic carbocycles. The number of benzene rings is 2. The van der Waals surface area contributed by atoms with E-state index in [1.807, 2.05) is 6.07 Å². The minimum absolute atomic E-state index is 0.324. The standard InChI is InChI=1S/C13H9BrFN3/c14-11-6-10(1-3-12(11)15)18-9-2-4-13(17)8(5-9)7-16/h1-6,18H,17H2. The van der Waals surface area contributed by atoms with Crippen LogP contribution in [-0.2, 0) is 0 Å². The molecule has 0 amide bonds. The Morgan fingerprint density at radius 1 is 1.17 bits per heavy atom. The fraction of sp³-hybridized carbons (Fsp3) is 0. The van der Waals surface area contributed by atoms with Gasteiger partial charge in [0.1, 0.15) is 11.9 Å². The van der Waals surface area contributed by atoms with Crippen LogP contribution in [-0.4, -0.2) is 0 Å². The van der Waals surface area contributed by atoms with Crippen LogP contribution in [0.2, 0.25) is 0 Å². The predicted octanol–water partition coefficient (Wildman–Crippen LogP) is 3.79. The number of nitrogens with one attached hydrogen (secondary N) is 1. The summed E-state index contributed by atoms with van der Waals surface area (Å²) in [7, 11) is 0. The third kappa shape index (κ3) is 2.60. The Bertz CT molecular complexity index is 635. The monoisotopic (exact) mass is 305 g/mol. The molecule has 0 atom stereocenters. The summed E-state index contributed by atoms with van der Waals surface area (Å²) in [4.78, 5) is 0. The maximum atomic E-state index is 13.1. The zero-order chi connectivity index (χ0) is 13.1. The molecule has 0 unspecified atom stereocenters. The molecule has 2 rings (SSSR count). The number of nitriles is 1. The number of nitrogen functional groups attached to an aromatic ring is 1. The van der Waals surface area contributed by atoms with Crippen molar-refractivity contribution in [1.82, 2.24) is 0 Å². The van der Waals surface area contributed by atoms with Gasteiger partial charge in [-0.05, 0) is 52.3 Å². The second-order valence-corrected chi connectivity index (χ2v) is 4.52. The van der Waals surface area contributed by atoms with Gasteiger partial charge in [0.25, 0.3) is 0 Å². The molecule has 0 saturated heterocycles. The number of anilines is 3. The topological polar surface area (TPSA) is 61.8 Å². The first-order chi connectivity index (χ1) is 8.60. The van der Waals surface area contributed by atoms with Crippen molar-refractivity contribution in [3.05, 3.63) is 52.3 Å². The molecule has 0 aliphatic rings. The quantitative estimate of drug-likeness (QED) is 0.830. The second kappa shape index (κ2) is 5.07. The van der Waals surface area contributed by atoms with Gasteiger partial charge in [-0.25, -0.2) is 4.39 Å². The van der Waals surface area contributed by atoms with E-state index in [4.69, 9.17) is 11.0 Å². The van der Waals surface area contributed by atoms with Gasteiger partial charge in [-0.2, -0.15) is 5.26 Å². The van der Waals surface area contributed by atoms with Crippen LogP contribution in [0.3, 0.4) is 0 Å². The van der Waals surface area contributed by atoms with Gasteiger partial charge in [-0.3, -0.25) is 0 Å². The van der Waals surface area contributed by atoms with Crippen molar-refractivity contribution >= 4 is 33.0 Å². The summed E-state index contributed by atoms with van der Waals surface area (Å²) >= 11 is 3.11. The normalized spacial score (nSPS) is 9.83. The number of hydrogen-bond acceptors (Lipinski definition) is 3. The average molecular weight is 306 g/mol. The van der Waals surface area contributed by atoms with Crippen LogP contribution < -0.4 is 11.1 Å². The minimum atomic E-state index is -0.324. The third-order valence-corrected chi connectivity index (χ3v) is 2.99. The van der Waals surface area contributed by atoms with Crippen molar-refractivity contribution in [3.8, 4) is 6.07 Å². The van der Waals surface area contributed by atoms with Crippen LogP contribution in [0.4, 0.5) is 21.5 Å². The predicted molar refractivity (Wildman–Crippen MR) is 73.0 cm³/mol. The molecule has 0 aromatic heterocycles. The maximum Gasteiger partial charge on any atom is 0.137 e. The van der Waals surface area contributed by atoms with E-state index in [2.05, 4.69) is 21.2 Å². The minimum Gasteiger partial charge on any atom is -0.398 e. The van der Waals surface area contributed by atoms with Crippen LogP contribution in [0.15, 0.2) is 40.9 Å². The molecular weight excluding hydrogens is 297 g/mol. The van der Waals surface area contributed by atoms with Crippen LogP contribution in [0, 0.1) is 17.1 Å². The molecule has 0 saturated carbocycles. The smallest absolute Gasteiger partial charge is 0.137 e. The zero-order valence-electron chi connectivity index (χ0n) is 9.24. The van der Waals surface area contributed by atoms with Crippen molar-refractivity contribution in [2.45, 2.75) is 0 Å². The number of nitrogens with zero attached hydrogens (tertiary/aromatic N) is 1. The van der Waals surface area contributed by atoms with E-state index in [9.17, 15) is 4.39 Å². The summed E-state index contributed by atoms with van der Waals surface area (Å²) in [5, 5.41) is 11.9. The SMILES string of the molecule is N#Cc1cc(Nc2ccc(F)c(Br)c2)ccc1N. The second-order valence-electron chi connectivity index (χ2n) is 3.67. The molecule has 3 nitrogen and oxygen atoms in total. The van der Waals surface area contributed by atoms with Gasteiger partial charge >= 0.3 is 0 Å². The average Bonchev–Trinajstić information content (AvgIpc) is 2.36. The molecular formula is C13H9BrFN3. The van der Waals surface area contributed by atoms with Crippen molar-refractivity contribution in [1.29, 1.82) is 5.26 Å². The Hall–Kier alpha value is -2.06. The molecule has 18 heavy (non-hydrogen) atoms. The van der Waals surface area contributed by atoms with Crippen LogP contribution in [0.25, 0.3) is 0 Å². The molecule has 0 radical (unpaired) electrons. The Labute approximate surface area is 112 Å². The van der Waals surface area contributed by atoms with Gasteiger partial charge in [0.05, 0.1) is 10.0 Å². The van der Waals surface area contributed by atoms with Gasteiger partial charge < -0.3 is 11.1 Å². The van der Waals surface area contributed by atoms with Gasteiger partial charge in [-0.15, -0.1) is 0 Å². The first kappa shape index (κ1) is 12.4. The number of nitrogens with two attached hydrogens (primary N) is 1. The lowest BCUT2D eigenvalue weighted by Gasteiger charge is -2.08. The highest BCUT2D eigenvalue weighted by atomic mass is 79.9. The largest absolute Gasteiger partial charge is 0.398 e. The fourth-order valence-corrected chi connectivity index (χ4v) is 1.85. The third-order valence-electron chi connectivity index (χ3n) is 2.38. The zero-order valence-corrected chi connectivity index (χ0v) is 10.8. The van der Waals surface area contributed by atoms with E-state index < -0.39 is 0 Å². The van der Waals surface area contributed by atoms with E-state index >= 15 is 0 Å². The molecule has 0 aliphatic carbocycles. The molecule has 0 bridgehead atoms. The first-order valence-electron chi connectivity index (χ1n) is 5.12. The highest BCUT2D eigenvalue weighted by Gasteiger charge is 2.03. The number of hydrogen-bond donors (Lipinski definition) is 2. The molecule has 0 aliphatic heterocycles. The van der Waals surface area contributed by atoms with Gasteiger partial charge in [0.2, 0.25) is 0 Å². The maximum absolute atomic E-state index is 13.1. The molecule has 90 valence electrons. The lowest BCUT2D eigenvalue weighted by atomic mass is 10.1. The van der Waals surface area contributed by atoms with E-state index in [1.165, 1.54) is 6.07 Å². The molecule has 3 N–H and O–H groups in total. The van der Waals surface area contributed by atoms with Crippen molar-refractivity contribution in [2.24, 2.45) is 0 Å². The Morgan fingerprint density at radius 2 is 1.83 bits per heavy atom. The summed E-state index contributed by atoms with van der Waals surface area (Å²) in [6.45, 7) is 0. The number of halogens is 2. The first-order valence-corrected chi connectivity index (χ1v) is 5.91. The summed E-state index contributed by atoms with van der Waals surface area (Å²) in [6.07, 6.45) is 0. The highest BCUT2D eigenvalue weighted by molar-refractivity contribution is 9.10. The lowest BCUT2D eigenvalue weighted by Crippen LogP contribution is -1.95. The molecule has 0 fully saturated rings. The molecule has 0 heterocycles. The van der Waals surface area contributed by atoms with E-state index in [0.29, 0.717) is 15.7 Å². The summed E-state index contributed by atoms with van der Waals surface area (Å²) in [5.41, 5.74) is 7.91. The highest BCUT2D eigenvalue weighted by Crippen LogP contribution is 2.24. The van der Waals surface area contributed by atoms with E-state index in [1.54, 1.807) is 30.3 Å². The summed E-state index contributed by atoms with van der Waals surface area (Å²) in [5.74, 6) is -0.324. The molecule has 0 spiro atoms. The van der Waals surface area contributed by atoms with Crippen molar-refractivity contribution < 1.29 is 4.39 Å². The van der Waals surface area contributed by atoms with Crippen LogP contribution in [0.1, 0.15) is 5.56 Å². The van der Waals surface area contributed by atoms with Crippen molar-refractivity contribution in [2.75, 3.05) is 11.1 Å². The molecule has 2 aromatic rings. The number of rotatable bonds is 2. The van der Waals surface area contributed by atoms with Crippen molar-refractivity contribution in [3.63, 3.8) is 0 Å². The van der Waals surface area contributed by atoms with Crippen LogP contribution in [0.5, 0.6) is 0 Å². The summed E-state index contributed by atoms with van der Waals surface area (Å²) in [6, 6.07) is 11.7. The van der Waals surface area contributed by atoms with Crippen LogP contribution >= 0.6 is 15.9 Å². The van der Waals surface area contributed by atoms with Gasteiger partial charge in [0, 0.05) is 17.1 Å². The van der Waals surface area contributed by atoms with Gasteiger partial charge in [-0.1, -0.05) is 0 Å². The lowest BCUT2D eigenvalue weighted by molar-refractivity contribution is 0.621. The Kier molecular flexibility index (Phi) is 3.49. The Balaban J connectivity index is 2.29. The van der Waals surface area contributed by atoms with Gasteiger partial charge in [0.15, 0.2) is 0 Å². The fourth-order valence-electron chi connectivity index (χ4n) is 1.47. The van der Waals surface area contributed by atoms with E-state index in [0.717, 1.165) is 11.4 Å². The van der Waals surface area contributed by atoms with E-state index in [-0.39, 0.29) is 5.82 Å².